The first-order chi connectivity index (χ1) is 7.45. The molecule has 5 heteroatoms. The fourth-order valence-electron chi connectivity index (χ4n) is 1.44. The van der Waals surface area contributed by atoms with E-state index in [-0.39, 0.29) is 12.5 Å². The summed E-state index contributed by atoms with van der Waals surface area (Å²) in [5.41, 5.74) is 1.15. The van der Waals surface area contributed by atoms with E-state index in [0.29, 0.717) is 4.88 Å². The molecule has 0 radical (unpaired) electrons. The Labute approximate surface area is 98.5 Å². The van der Waals surface area contributed by atoms with Gasteiger partial charge in [0.1, 0.15) is 6.54 Å². The summed E-state index contributed by atoms with van der Waals surface area (Å²) in [6, 6.07) is 1.85. The van der Waals surface area contributed by atoms with Crippen molar-refractivity contribution >= 4 is 23.2 Å². The van der Waals surface area contributed by atoms with Crippen molar-refractivity contribution in [1.82, 2.24) is 4.90 Å². The Morgan fingerprint density at radius 3 is 2.56 bits per heavy atom. The number of hydrogen-bond acceptors (Lipinski definition) is 3. The van der Waals surface area contributed by atoms with Crippen molar-refractivity contribution in [3.8, 4) is 0 Å². The summed E-state index contributed by atoms with van der Waals surface area (Å²) in [5.74, 6) is -1.23. The molecule has 1 rings (SSSR count). The van der Waals surface area contributed by atoms with E-state index >= 15 is 0 Å². The predicted octanol–water partition coefficient (Wildman–Crippen LogP) is 1.78. The van der Waals surface area contributed by atoms with Gasteiger partial charge in [0, 0.05) is 11.9 Å². The summed E-state index contributed by atoms with van der Waals surface area (Å²) in [6.07, 6.45) is 0.887. The third-order valence-electron chi connectivity index (χ3n) is 2.33. The van der Waals surface area contributed by atoms with Crippen molar-refractivity contribution in [1.29, 1.82) is 0 Å². The number of carbonyl (C=O) groups excluding carboxylic acids is 1. The van der Waals surface area contributed by atoms with Gasteiger partial charge < -0.3 is 10.0 Å². The zero-order valence-electron chi connectivity index (χ0n) is 9.61. The van der Waals surface area contributed by atoms with Gasteiger partial charge in [-0.2, -0.15) is 0 Å². The van der Waals surface area contributed by atoms with Gasteiger partial charge in [-0.1, -0.05) is 6.92 Å². The molecule has 1 aromatic rings. The van der Waals surface area contributed by atoms with Crippen molar-refractivity contribution in [2.24, 2.45) is 0 Å². The molecule has 0 aliphatic heterocycles. The van der Waals surface area contributed by atoms with Gasteiger partial charge >= 0.3 is 5.97 Å². The van der Waals surface area contributed by atoms with Crippen LogP contribution in [-0.4, -0.2) is 35.5 Å². The van der Waals surface area contributed by atoms with E-state index < -0.39 is 5.97 Å². The number of likely N-dealkylation sites (N-methyl/N-ethyl adjacent to an activating group) is 1. The molecule has 0 atom stereocenters. The van der Waals surface area contributed by atoms with Crippen LogP contribution < -0.4 is 0 Å². The third kappa shape index (κ3) is 2.82. The fourth-order valence-corrected chi connectivity index (χ4v) is 2.55. The molecule has 0 aliphatic rings. The van der Waals surface area contributed by atoms with Gasteiger partial charge in [-0.05, 0) is 25.0 Å². The number of rotatable bonds is 4. The van der Waals surface area contributed by atoms with E-state index in [1.54, 1.807) is 0 Å². The highest BCUT2D eigenvalue weighted by atomic mass is 32.1. The molecule has 0 bridgehead atoms. The molecule has 0 unspecified atom stereocenters. The summed E-state index contributed by atoms with van der Waals surface area (Å²) in [6.45, 7) is 3.74. The highest BCUT2D eigenvalue weighted by Crippen LogP contribution is 2.22. The highest BCUT2D eigenvalue weighted by Gasteiger charge is 2.17. The fraction of sp³-hybridized carbons (Fsp3) is 0.455. The lowest BCUT2D eigenvalue weighted by molar-refractivity contribution is -0.137. The first kappa shape index (κ1) is 12.7. The Morgan fingerprint density at radius 1 is 1.50 bits per heavy atom. The molecule has 0 fully saturated rings. The largest absolute Gasteiger partial charge is 0.480 e. The van der Waals surface area contributed by atoms with Gasteiger partial charge in [-0.15, -0.1) is 11.3 Å². The van der Waals surface area contributed by atoms with Crippen molar-refractivity contribution < 1.29 is 14.7 Å². The lowest BCUT2D eigenvalue weighted by Gasteiger charge is -2.12. The van der Waals surface area contributed by atoms with Crippen LogP contribution in [0, 0.1) is 6.92 Å². The van der Waals surface area contributed by atoms with Crippen molar-refractivity contribution in [3.63, 3.8) is 0 Å². The van der Waals surface area contributed by atoms with Crippen molar-refractivity contribution in [3.05, 3.63) is 21.4 Å². The van der Waals surface area contributed by atoms with Crippen LogP contribution in [0.5, 0.6) is 0 Å². The van der Waals surface area contributed by atoms with Crippen LogP contribution in [0.2, 0.25) is 0 Å². The third-order valence-corrected chi connectivity index (χ3v) is 3.41. The Hall–Kier alpha value is -1.36. The summed E-state index contributed by atoms with van der Waals surface area (Å²) in [5, 5.41) is 8.60. The van der Waals surface area contributed by atoms with Crippen LogP contribution in [-0.2, 0) is 11.2 Å². The minimum absolute atomic E-state index is 0.227. The van der Waals surface area contributed by atoms with Gasteiger partial charge in [-0.3, -0.25) is 9.59 Å². The zero-order chi connectivity index (χ0) is 12.3. The van der Waals surface area contributed by atoms with Gasteiger partial charge in [0.05, 0.1) is 4.88 Å². The molecule has 4 nitrogen and oxygen atoms in total. The monoisotopic (exact) mass is 241 g/mol. The van der Waals surface area contributed by atoms with Crippen LogP contribution in [0.15, 0.2) is 6.07 Å². The molecule has 1 N–H and O–H groups in total. The van der Waals surface area contributed by atoms with E-state index in [0.717, 1.165) is 16.9 Å². The Balaban J connectivity index is 2.83. The lowest BCUT2D eigenvalue weighted by atomic mass is 10.2. The molecule has 16 heavy (non-hydrogen) atoms. The Morgan fingerprint density at radius 2 is 2.12 bits per heavy atom. The summed E-state index contributed by atoms with van der Waals surface area (Å²) in [7, 11) is 1.50. The Bertz CT molecular complexity index is 411. The molecule has 0 spiro atoms. The summed E-state index contributed by atoms with van der Waals surface area (Å²) >= 11 is 1.42. The van der Waals surface area contributed by atoms with Crippen molar-refractivity contribution in [2.75, 3.05) is 13.6 Å². The second-order valence-electron chi connectivity index (χ2n) is 3.60. The Kier molecular flexibility index (Phi) is 4.06. The number of carboxylic acids is 1. The topological polar surface area (TPSA) is 57.6 Å². The van der Waals surface area contributed by atoms with Crippen LogP contribution in [0.3, 0.4) is 0 Å². The molecule has 0 aromatic carbocycles. The molecule has 1 amide bonds. The molecular formula is C11H15NO3S. The van der Waals surface area contributed by atoms with E-state index in [1.165, 1.54) is 23.3 Å². The number of carbonyl (C=O) groups is 2. The number of hydrogen-bond donors (Lipinski definition) is 1. The van der Waals surface area contributed by atoms with Crippen LogP contribution in [0.1, 0.15) is 27.0 Å². The minimum atomic E-state index is -1.00. The van der Waals surface area contributed by atoms with Gasteiger partial charge in [0.25, 0.3) is 5.91 Å². The average Bonchev–Trinajstić information content (AvgIpc) is 2.57. The van der Waals surface area contributed by atoms with Gasteiger partial charge in [0.2, 0.25) is 0 Å². The first-order valence-corrected chi connectivity index (χ1v) is 5.84. The predicted molar refractivity (Wildman–Crippen MR) is 63.0 cm³/mol. The van der Waals surface area contributed by atoms with Crippen LogP contribution in [0.25, 0.3) is 0 Å². The minimum Gasteiger partial charge on any atom is -0.480 e. The number of amides is 1. The molecule has 1 aromatic heterocycles. The molecule has 0 saturated carbocycles. The van der Waals surface area contributed by atoms with Crippen LogP contribution in [0.4, 0.5) is 0 Å². The normalized spacial score (nSPS) is 10.2. The maximum Gasteiger partial charge on any atom is 0.323 e. The van der Waals surface area contributed by atoms with Crippen LogP contribution >= 0.6 is 11.3 Å². The smallest absolute Gasteiger partial charge is 0.323 e. The maximum atomic E-state index is 11.8. The second kappa shape index (κ2) is 5.12. The summed E-state index contributed by atoms with van der Waals surface area (Å²) in [4.78, 5) is 25.3. The molecule has 0 saturated heterocycles. The highest BCUT2D eigenvalue weighted by molar-refractivity contribution is 7.14. The maximum absolute atomic E-state index is 11.8. The first-order valence-electron chi connectivity index (χ1n) is 5.02. The van der Waals surface area contributed by atoms with Crippen molar-refractivity contribution in [2.45, 2.75) is 20.3 Å². The quantitative estimate of drug-likeness (QED) is 0.874. The van der Waals surface area contributed by atoms with E-state index in [9.17, 15) is 9.59 Å². The summed E-state index contributed by atoms with van der Waals surface area (Å²) < 4.78 is 0. The average molecular weight is 241 g/mol. The van der Waals surface area contributed by atoms with Gasteiger partial charge in [-0.25, -0.2) is 0 Å². The molecule has 1 heterocycles. The standard InChI is InChI=1S/C11H15NO3S/c1-4-8-5-9(16-7(8)2)11(15)12(3)6-10(13)14/h5H,4,6H2,1-3H3,(H,13,14). The number of aliphatic carboxylic acids is 1. The second-order valence-corrected chi connectivity index (χ2v) is 4.86. The SMILES string of the molecule is CCc1cc(C(=O)N(C)CC(=O)O)sc1C. The molecule has 0 aliphatic carbocycles. The number of nitrogens with zero attached hydrogens (tertiary/aromatic N) is 1. The number of carboxylic acid groups (broad SMARTS) is 1. The molecular weight excluding hydrogens is 226 g/mol. The number of aryl methyl sites for hydroxylation is 2. The zero-order valence-corrected chi connectivity index (χ0v) is 10.4. The van der Waals surface area contributed by atoms with E-state index in [4.69, 9.17) is 5.11 Å². The number of thiophene rings is 1. The van der Waals surface area contributed by atoms with E-state index in [2.05, 4.69) is 0 Å². The van der Waals surface area contributed by atoms with Gasteiger partial charge in [0.15, 0.2) is 0 Å². The van der Waals surface area contributed by atoms with E-state index in [1.807, 2.05) is 19.9 Å². The lowest BCUT2D eigenvalue weighted by Crippen LogP contribution is -2.31. The molecule has 88 valence electrons.